The second kappa shape index (κ2) is 9.32. The van der Waals surface area contributed by atoms with Crippen LogP contribution in [0.2, 0.25) is 0 Å². The Labute approximate surface area is 204 Å². The van der Waals surface area contributed by atoms with Crippen molar-refractivity contribution in [2.75, 3.05) is 35.6 Å². The normalized spacial score (nSPS) is 13.7. The van der Waals surface area contributed by atoms with Crippen molar-refractivity contribution in [1.29, 1.82) is 0 Å². The first-order valence-electron chi connectivity index (χ1n) is 10.7. The molecule has 1 aliphatic heterocycles. The molecule has 0 saturated carbocycles. The highest BCUT2D eigenvalue weighted by Crippen LogP contribution is 2.39. The molecule has 2 aromatic heterocycles. The third-order valence-corrected chi connectivity index (χ3v) is 7.59. The summed E-state index contributed by atoms with van der Waals surface area (Å²) in [6.07, 6.45) is 0. The van der Waals surface area contributed by atoms with Crippen molar-refractivity contribution in [3.63, 3.8) is 0 Å². The molecule has 8 nitrogen and oxygen atoms in total. The summed E-state index contributed by atoms with van der Waals surface area (Å²) in [5.74, 6) is 1.79. The van der Waals surface area contributed by atoms with Crippen LogP contribution >= 0.6 is 23.1 Å². The van der Waals surface area contributed by atoms with Gasteiger partial charge in [-0.1, -0.05) is 42.5 Å². The average molecular weight is 491 g/mol. The number of nitrogen functional groups attached to an aromatic ring is 1. The van der Waals surface area contributed by atoms with Gasteiger partial charge in [-0.25, -0.2) is 14.8 Å². The van der Waals surface area contributed by atoms with Crippen LogP contribution in [0.15, 0.2) is 54.6 Å². The Morgan fingerprint density at radius 3 is 2.44 bits per heavy atom. The number of nitrogens with one attached hydrogen (secondary N) is 1. The molecule has 10 heteroatoms. The molecule has 0 spiro atoms. The SMILES string of the molecule is NC(=O)c1sc2nc(-c3ccccc3)nc(-c3cccc(NC(=O)N4CCSCC4)c3)c2c1N. The number of carbonyl (C=O) groups excluding carboxylic acids is 2. The van der Waals surface area contributed by atoms with E-state index in [1.54, 1.807) is 0 Å². The zero-order valence-electron chi connectivity index (χ0n) is 18.2. The van der Waals surface area contributed by atoms with E-state index >= 15 is 0 Å². The van der Waals surface area contributed by atoms with Crippen LogP contribution in [0.25, 0.3) is 32.9 Å². The van der Waals surface area contributed by atoms with Crippen LogP contribution in [0.1, 0.15) is 9.67 Å². The molecule has 1 aliphatic rings. The maximum atomic E-state index is 12.7. The smallest absolute Gasteiger partial charge is 0.321 e. The lowest BCUT2D eigenvalue weighted by molar-refractivity contribution is 0.100. The summed E-state index contributed by atoms with van der Waals surface area (Å²) in [4.78, 5) is 36.8. The number of hydrogen-bond acceptors (Lipinski definition) is 7. The number of nitrogens with two attached hydrogens (primary N) is 2. The molecular formula is C24H22N6O2S2. The molecule has 1 saturated heterocycles. The maximum Gasteiger partial charge on any atom is 0.321 e. The number of carbonyl (C=O) groups is 2. The number of fused-ring (bicyclic) bond motifs is 1. The molecule has 172 valence electrons. The molecule has 0 bridgehead atoms. The van der Waals surface area contributed by atoms with Gasteiger partial charge in [-0.15, -0.1) is 11.3 Å². The highest BCUT2D eigenvalue weighted by Gasteiger charge is 2.22. The van der Waals surface area contributed by atoms with Crippen LogP contribution in [0.4, 0.5) is 16.2 Å². The first-order valence-corrected chi connectivity index (χ1v) is 12.7. The van der Waals surface area contributed by atoms with Gasteiger partial charge in [0.05, 0.1) is 16.8 Å². The van der Waals surface area contributed by atoms with E-state index in [1.807, 2.05) is 71.3 Å². The predicted molar refractivity (Wildman–Crippen MR) is 139 cm³/mol. The largest absolute Gasteiger partial charge is 0.397 e. The number of primary amides is 1. The number of urea groups is 1. The Bertz CT molecular complexity index is 1380. The summed E-state index contributed by atoms with van der Waals surface area (Å²) in [6, 6.07) is 16.9. The first kappa shape index (κ1) is 22.2. The summed E-state index contributed by atoms with van der Waals surface area (Å²) in [5.41, 5.74) is 15.0. The Balaban J connectivity index is 1.60. The second-order valence-electron chi connectivity index (χ2n) is 7.76. The van der Waals surface area contributed by atoms with Gasteiger partial charge in [-0.2, -0.15) is 11.8 Å². The van der Waals surface area contributed by atoms with E-state index in [-0.39, 0.29) is 16.6 Å². The molecule has 5 N–H and O–H groups in total. The van der Waals surface area contributed by atoms with Crippen LogP contribution in [0, 0.1) is 0 Å². The molecule has 2 aromatic carbocycles. The molecule has 0 radical (unpaired) electrons. The number of hydrogen-bond donors (Lipinski definition) is 3. The van der Waals surface area contributed by atoms with Crippen LogP contribution in [-0.2, 0) is 0 Å². The van der Waals surface area contributed by atoms with E-state index in [1.165, 1.54) is 0 Å². The standard InChI is InChI=1S/C24H22N6O2S2/c25-18-17-19(15-7-4-8-16(13-15)27-24(32)30-9-11-33-12-10-30)28-22(14-5-2-1-3-6-14)29-23(17)34-20(18)21(26)31/h1-8,13H,9-12,25H2,(H2,26,31)(H,27,32). The zero-order valence-corrected chi connectivity index (χ0v) is 19.8. The lowest BCUT2D eigenvalue weighted by Crippen LogP contribution is -2.40. The highest BCUT2D eigenvalue weighted by molar-refractivity contribution is 7.99. The van der Waals surface area contributed by atoms with E-state index in [4.69, 9.17) is 16.5 Å². The first-order chi connectivity index (χ1) is 16.5. The van der Waals surface area contributed by atoms with Gasteiger partial charge in [0.25, 0.3) is 5.91 Å². The van der Waals surface area contributed by atoms with Crippen molar-refractivity contribution < 1.29 is 9.59 Å². The van der Waals surface area contributed by atoms with Gasteiger partial charge in [-0.3, -0.25) is 4.79 Å². The van der Waals surface area contributed by atoms with Gasteiger partial charge in [0.1, 0.15) is 9.71 Å². The Hall–Kier alpha value is -3.63. The van der Waals surface area contributed by atoms with Crippen LogP contribution in [0.3, 0.4) is 0 Å². The van der Waals surface area contributed by atoms with Crippen molar-refractivity contribution in [2.45, 2.75) is 0 Å². The lowest BCUT2D eigenvalue weighted by atomic mass is 10.1. The summed E-state index contributed by atoms with van der Waals surface area (Å²) in [6.45, 7) is 1.45. The molecule has 4 aromatic rings. The summed E-state index contributed by atoms with van der Waals surface area (Å²) in [7, 11) is 0. The number of benzene rings is 2. The quantitative estimate of drug-likeness (QED) is 0.392. The van der Waals surface area contributed by atoms with E-state index in [2.05, 4.69) is 10.3 Å². The topological polar surface area (TPSA) is 127 Å². The number of nitrogens with zero attached hydrogens (tertiary/aromatic N) is 3. The maximum absolute atomic E-state index is 12.7. The number of thioether (sulfide) groups is 1. The number of rotatable bonds is 4. The van der Waals surface area contributed by atoms with Gasteiger partial charge in [0, 0.05) is 41.4 Å². The van der Waals surface area contributed by atoms with Crippen molar-refractivity contribution >= 4 is 56.6 Å². The van der Waals surface area contributed by atoms with E-state index in [0.717, 1.165) is 47.1 Å². The van der Waals surface area contributed by atoms with E-state index in [9.17, 15) is 9.59 Å². The summed E-state index contributed by atoms with van der Waals surface area (Å²) < 4.78 is 0. The number of amides is 3. The number of anilines is 2. The van der Waals surface area contributed by atoms with E-state index in [0.29, 0.717) is 27.4 Å². The molecule has 0 atom stereocenters. The van der Waals surface area contributed by atoms with Crippen LogP contribution < -0.4 is 16.8 Å². The van der Waals surface area contributed by atoms with Crippen molar-refractivity contribution in [2.24, 2.45) is 5.73 Å². The Morgan fingerprint density at radius 1 is 0.971 bits per heavy atom. The number of aromatic nitrogens is 2. The molecule has 34 heavy (non-hydrogen) atoms. The monoisotopic (exact) mass is 490 g/mol. The molecule has 5 rings (SSSR count). The highest BCUT2D eigenvalue weighted by atomic mass is 32.2. The molecule has 3 heterocycles. The van der Waals surface area contributed by atoms with Gasteiger partial charge >= 0.3 is 6.03 Å². The number of thiophene rings is 1. The predicted octanol–water partition coefficient (Wildman–Crippen LogP) is 4.29. The van der Waals surface area contributed by atoms with Crippen molar-refractivity contribution in [3.05, 3.63) is 59.5 Å². The zero-order chi connectivity index (χ0) is 23.7. The third kappa shape index (κ3) is 4.29. The lowest BCUT2D eigenvalue weighted by Gasteiger charge is -2.26. The van der Waals surface area contributed by atoms with Crippen molar-refractivity contribution in [3.8, 4) is 22.6 Å². The van der Waals surface area contributed by atoms with Gasteiger partial charge in [0.2, 0.25) is 0 Å². The van der Waals surface area contributed by atoms with Gasteiger partial charge in [-0.05, 0) is 12.1 Å². The fourth-order valence-electron chi connectivity index (χ4n) is 3.84. The fraction of sp³-hybridized carbons (Fsp3) is 0.167. The molecule has 1 fully saturated rings. The van der Waals surface area contributed by atoms with E-state index < -0.39 is 5.91 Å². The fourth-order valence-corrected chi connectivity index (χ4v) is 5.69. The molecular weight excluding hydrogens is 468 g/mol. The minimum atomic E-state index is -0.603. The Morgan fingerprint density at radius 2 is 1.71 bits per heavy atom. The van der Waals surface area contributed by atoms with Gasteiger partial charge in [0.15, 0.2) is 5.82 Å². The second-order valence-corrected chi connectivity index (χ2v) is 9.99. The molecule has 0 aliphatic carbocycles. The molecule has 0 unspecified atom stereocenters. The molecule has 3 amide bonds. The van der Waals surface area contributed by atoms with Crippen LogP contribution in [0.5, 0.6) is 0 Å². The summed E-state index contributed by atoms with van der Waals surface area (Å²) >= 11 is 3.00. The van der Waals surface area contributed by atoms with Gasteiger partial charge < -0.3 is 21.7 Å². The summed E-state index contributed by atoms with van der Waals surface area (Å²) in [5, 5.41) is 3.56. The van der Waals surface area contributed by atoms with Crippen molar-refractivity contribution in [1.82, 2.24) is 14.9 Å². The minimum absolute atomic E-state index is 0.124. The van der Waals surface area contributed by atoms with Crippen LogP contribution in [-0.4, -0.2) is 51.4 Å². The Kier molecular flexibility index (Phi) is 6.08. The minimum Gasteiger partial charge on any atom is -0.397 e. The third-order valence-electron chi connectivity index (χ3n) is 5.53. The average Bonchev–Trinajstić information content (AvgIpc) is 3.21.